The van der Waals surface area contributed by atoms with Crippen LogP contribution in [0.1, 0.15) is 5.56 Å². The van der Waals surface area contributed by atoms with Crippen LogP contribution in [0.2, 0.25) is 5.02 Å². The summed E-state index contributed by atoms with van der Waals surface area (Å²) < 4.78 is 27.9. The van der Waals surface area contributed by atoms with E-state index in [1.54, 1.807) is 16.8 Å². The van der Waals surface area contributed by atoms with Gasteiger partial charge >= 0.3 is 0 Å². The number of halogens is 3. The molecule has 0 spiro atoms. The minimum absolute atomic E-state index is 0.00898. The smallest absolute Gasteiger partial charge is 0.248 e. The first-order valence-corrected chi connectivity index (χ1v) is 7.95. The number of hydrogen-bond donors (Lipinski definition) is 2. The monoisotopic (exact) mass is 379 g/mol. The van der Waals surface area contributed by atoms with Gasteiger partial charge in [-0.05, 0) is 48.1 Å². The molecule has 3 rings (SSSR count). The molecular formula is C16H12ClF2N5S. The quantitative estimate of drug-likeness (QED) is 0.669. The van der Waals surface area contributed by atoms with E-state index in [2.05, 4.69) is 20.7 Å². The first-order chi connectivity index (χ1) is 12.0. The molecule has 2 aromatic carbocycles. The molecule has 0 aliphatic carbocycles. The second kappa shape index (κ2) is 7.54. The molecule has 0 aliphatic rings. The minimum Gasteiger partial charge on any atom is -0.332 e. The summed E-state index contributed by atoms with van der Waals surface area (Å²) in [6.07, 6.45) is 1.50. The third-order valence-electron chi connectivity index (χ3n) is 3.17. The number of thiocarbonyl (C=S) groups is 1. The van der Waals surface area contributed by atoms with Gasteiger partial charge in [-0.2, -0.15) is 0 Å². The summed E-state index contributed by atoms with van der Waals surface area (Å²) >= 11 is 10.9. The molecule has 0 aliphatic heterocycles. The van der Waals surface area contributed by atoms with Crippen molar-refractivity contribution in [1.82, 2.24) is 14.8 Å². The van der Waals surface area contributed by atoms with Crippen LogP contribution in [-0.4, -0.2) is 19.9 Å². The lowest BCUT2D eigenvalue weighted by Gasteiger charge is -2.08. The fraction of sp³-hybridized carbons (Fsp3) is 0.0625. The first-order valence-electron chi connectivity index (χ1n) is 7.16. The zero-order valence-electron chi connectivity index (χ0n) is 12.7. The average Bonchev–Trinajstić information content (AvgIpc) is 2.98. The fourth-order valence-corrected chi connectivity index (χ4v) is 2.48. The Morgan fingerprint density at radius 3 is 2.76 bits per heavy atom. The molecule has 128 valence electrons. The van der Waals surface area contributed by atoms with Gasteiger partial charge in [-0.3, -0.25) is 5.32 Å². The van der Waals surface area contributed by atoms with Crippen LogP contribution in [0.15, 0.2) is 48.8 Å². The highest BCUT2D eigenvalue weighted by Gasteiger charge is 2.06. The van der Waals surface area contributed by atoms with Crippen molar-refractivity contribution >= 4 is 40.6 Å². The Hall–Kier alpha value is -2.58. The third kappa shape index (κ3) is 4.71. The number of hydrogen-bond acceptors (Lipinski definition) is 3. The van der Waals surface area contributed by atoms with E-state index in [-0.39, 0.29) is 21.9 Å². The number of aromatic nitrogens is 3. The van der Waals surface area contributed by atoms with E-state index in [9.17, 15) is 8.78 Å². The predicted molar refractivity (Wildman–Crippen MR) is 96.8 cm³/mol. The number of benzene rings is 2. The number of rotatable bonds is 4. The van der Waals surface area contributed by atoms with Crippen LogP contribution < -0.4 is 10.6 Å². The van der Waals surface area contributed by atoms with Gasteiger partial charge in [0, 0.05) is 5.69 Å². The zero-order chi connectivity index (χ0) is 17.8. The topological polar surface area (TPSA) is 54.8 Å². The van der Waals surface area contributed by atoms with Crippen LogP contribution in [0.3, 0.4) is 0 Å². The maximum Gasteiger partial charge on any atom is 0.248 e. The van der Waals surface area contributed by atoms with Crippen LogP contribution >= 0.6 is 23.8 Å². The van der Waals surface area contributed by atoms with Crippen LogP contribution in [0.25, 0.3) is 0 Å². The summed E-state index contributed by atoms with van der Waals surface area (Å²) in [7, 11) is 0. The molecule has 2 N–H and O–H groups in total. The number of anilines is 2. The van der Waals surface area contributed by atoms with Crippen molar-refractivity contribution in [3.05, 3.63) is 71.0 Å². The van der Waals surface area contributed by atoms with Gasteiger partial charge in [0.15, 0.2) is 5.11 Å². The predicted octanol–water partition coefficient (Wildman–Crippen LogP) is 4.07. The van der Waals surface area contributed by atoms with Crippen molar-refractivity contribution in [3.63, 3.8) is 0 Å². The molecule has 0 radical (unpaired) electrons. The molecule has 0 saturated heterocycles. The first kappa shape index (κ1) is 17.2. The summed E-state index contributed by atoms with van der Waals surface area (Å²) in [5.41, 5.74) is 1.29. The number of nitrogens with zero attached hydrogens (tertiary/aromatic N) is 3. The summed E-state index contributed by atoms with van der Waals surface area (Å²) in [5, 5.41) is 10.1. The summed E-state index contributed by atoms with van der Waals surface area (Å²) in [6.45, 7) is 0.375. The van der Waals surface area contributed by atoms with E-state index in [1.807, 2.05) is 0 Å². The summed E-state index contributed by atoms with van der Waals surface area (Å²) in [5.74, 6) is -0.537. The van der Waals surface area contributed by atoms with Crippen LogP contribution in [0.5, 0.6) is 0 Å². The van der Waals surface area contributed by atoms with Crippen LogP contribution in [0.4, 0.5) is 20.4 Å². The lowest BCUT2D eigenvalue weighted by atomic mass is 10.2. The molecular weight excluding hydrogens is 368 g/mol. The van der Waals surface area contributed by atoms with E-state index in [1.165, 1.54) is 36.7 Å². The van der Waals surface area contributed by atoms with Gasteiger partial charge in [0.25, 0.3) is 0 Å². The molecule has 0 atom stereocenters. The highest BCUT2D eigenvalue weighted by Crippen LogP contribution is 2.19. The molecule has 0 bridgehead atoms. The second-order valence-corrected chi connectivity index (χ2v) is 5.92. The van der Waals surface area contributed by atoms with Crippen molar-refractivity contribution in [3.8, 4) is 0 Å². The van der Waals surface area contributed by atoms with Crippen molar-refractivity contribution in [2.45, 2.75) is 6.54 Å². The summed E-state index contributed by atoms with van der Waals surface area (Å²) in [4.78, 5) is 4.08. The van der Waals surface area contributed by atoms with Gasteiger partial charge in [0.2, 0.25) is 5.95 Å². The van der Waals surface area contributed by atoms with E-state index in [0.717, 1.165) is 5.56 Å². The zero-order valence-corrected chi connectivity index (χ0v) is 14.3. The Labute approximate surface area is 152 Å². The fourth-order valence-electron chi connectivity index (χ4n) is 2.09. The number of nitrogens with one attached hydrogen (secondary N) is 2. The van der Waals surface area contributed by atoms with Gasteiger partial charge in [-0.15, -0.1) is 5.10 Å². The molecule has 9 heteroatoms. The SMILES string of the molecule is Fc1cccc(Cn2cnc(NC(=S)Nc3ccc(F)c(Cl)c3)n2)c1. The van der Waals surface area contributed by atoms with E-state index in [0.29, 0.717) is 12.2 Å². The Kier molecular flexibility index (Phi) is 5.20. The molecule has 0 fully saturated rings. The normalized spacial score (nSPS) is 10.5. The molecule has 1 heterocycles. The van der Waals surface area contributed by atoms with Crippen molar-refractivity contribution in [2.75, 3.05) is 10.6 Å². The van der Waals surface area contributed by atoms with Gasteiger partial charge in [0.05, 0.1) is 11.6 Å². The maximum absolute atomic E-state index is 13.2. The molecule has 25 heavy (non-hydrogen) atoms. The van der Waals surface area contributed by atoms with Gasteiger partial charge in [-0.1, -0.05) is 23.7 Å². The molecule has 3 aromatic rings. The second-order valence-electron chi connectivity index (χ2n) is 5.10. The van der Waals surface area contributed by atoms with E-state index in [4.69, 9.17) is 23.8 Å². The van der Waals surface area contributed by atoms with Gasteiger partial charge in [-0.25, -0.2) is 18.4 Å². The minimum atomic E-state index is -0.510. The highest BCUT2D eigenvalue weighted by molar-refractivity contribution is 7.80. The van der Waals surface area contributed by atoms with Crippen molar-refractivity contribution < 1.29 is 8.78 Å². The molecule has 1 aromatic heterocycles. The van der Waals surface area contributed by atoms with Gasteiger partial charge < -0.3 is 5.32 Å². The standard InChI is InChI=1S/C16H12ClF2N5S/c17-13-7-12(4-5-14(13)19)21-16(25)22-15-20-9-24(23-15)8-10-2-1-3-11(18)6-10/h1-7,9H,8H2,(H2,21,22,23,25). The third-order valence-corrected chi connectivity index (χ3v) is 3.67. The van der Waals surface area contributed by atoms with E-state index < -0.39 is 5.82 Å². The Morgan fingerprint density at radius 1 is 1.16 bits per heavy atom. The Balaban J connectivity index is 1.60. The van der Waals surface area contributed by atoms with Crippen LogP contribution in [-0.2, 0) is 6.54 Å². The highest BCUT2D eigenvalue weighted by atomic mass is 35.5. The van der Waals surface area contributed by atoms with E-state index >= 15 is 0 Å². The lowest BCUT2D eigenvalue weighted by molar-refractivity contribution is 0.619. The molecule has 5 nitrogen and oxygen atoms in total. The van der Waals surface area contributed by atoms with Crippen LogP contribution in [0, 0.1) is 11.6 Å². The maximum atomic E-state index is 13.2. The molecule has 0 unspecified atom stereocenters. The summed E-state index contributed by atoms with van der Waals surface area (Å²) in [6, 6.07) is 10.4. The Morgan fingerprint density at radius 2 is 2.00 bits per heavy atom. The van der Waals surface area contributed by atoms with Crippen molar-refractivity contribution in [1.29, 1.82) is 0 Å². The lowest BCUT2D eigenvalue weighted by Crippen LogP contribution is -2.20. The van der Waals surface area contributed by atoms with Gasteiger partial charge in [0.1, 0.15) is 18.0 Å². The Bertz CT molecular complexity index is 915. The largest absolute Gasteiger partial charge is 0.332 e. The molecule has 0 saturated carbocycles. The van der Waals surface area contributed by atoms with Crippen molar-refractivity contribution in [2.24, 2.45) is 0 Å². The molecule has 0 amide bonds. The average molecular weight is 380 g/mol.